The predicted octanol–water partition coefficient (Wildman–Crippen LogP) is 0.655. The van der Waals surface area contributed by atoms with Gasteiger partial charge < -0.3 is 4.90 Å². The van der Waals surface area contributed by atoms with Crippen molar-refractivity contribution in [1.82, 2.24) is 19.7 Å². The first-order chi connectivity index (χ1) is 9.95. The van der Waals surface area contributed by atoms with Crippen molar-refractivity contribution in [1.29, 1.82) is 0 Å². The summed E-state index contributed by atoms with van der Waals surface area (Å²) >= 11 is 0. The second-order valence-electron chi connectivity index (χ2n) is 5.47. The Morgan fingerprint density at radius 2 is 2.24 bits per heavy atom. The minimum absolute atomic E-state index is 0.0558. The molecule has 1 fully saturated rings. The average molecular weight is 314 g/mol. The van der Waals surface area contributed by atoms with Crippen LogP contribution in [-0.4, -0.2) is 58.1 Å². The van der Waals surface area contributed by atoms with E-state index in [0.29, 0.717) is 19.5 Å². The van der Waals surface area contributed by atoms with E-state index in [9.17, 15) is 13.2 Å². The van der Waals surface area contributed by atoms with Gasteiger partial charge in [-0.25, -0.2) is 18.1 Å². The Bertz CT molecular complexity index is 570. The fraction of sp³-hybridized carbons (Fsp3) is 0.769. The molecule has 2 rings (SSSR count). The van der Waals surface area contributed by atoms with Crippen LogP contribution in [0.25, 0.3) is 0 Å². The first kappa shape index (κ1) is 15.9. The number of carbonyl (C=O) groups excluding carboxylic acids is 1. The molecular weight excluding hydrogens is 292 g/mol. The molecule has 1 aliphatic rings. The zero-order valence-corrected chi connectivity index (χ0v) is 13.3. The molecule has 2 atom stereocenters. The predicted molar refractivity (Wildman–Crippen MR) is 78.4 cm³/mol. The third-order valence-electron chi connectivity index (χ3n) is 3.89. The topological polar surface area (TPSA) is 85.2 Å². The summed E-state index contributed by atoms with van der Waals surface area (Å²) in [6.45, 7) is 4.40. The molecule has 118 valence electrons. The van der Waals surface area contributed by atoms with Gasteiger partial charge >= 0.3 is 0 Å². The Balaban J connectivity index is 2.05. The highest BCUT2D eigenvalue weighted by atomic mass is 32.2. The van der Waals surface area contributed by atoms with Crippen LogP contribution in [0.5, 0.6) is 0 Å². The van der Waals surface area contributed by atoms with E-state index in [2.05, 4.69) is 10.1 Å². The van der Waals surface area contributed by atoms with Crippen LogP contribution in [0.3, 0.4) is 0 Å². The molecule has 1 amide bonds. The second kappa shape index (κ2) is 6.55. The number of aromatic nitrogens is 3. The number of rotatable bonds is 5. The summed E-state index contributed by atoms with van der Waals surface area (Å²) in [5.41, 5.74) is 0. The van der Waals surface area contributed by atoms with Gasteiger partial charge in [0, 0.05) is 13.1 Å². The minimum atomic E-state index is -3.36. The van der Waals surface area contributed by atoms with Crippen molar-refractivity contribution < 1.29 is 13.2 Å². The number of piperidine rings is 1. The molecule has 21 heavy (non-hydrogen) atoms. The number of hydrogen-bond donors (Lipinski definition) is 0. The highest BCUT2D eigenvalue weighted by molar-refractivity contribution is 7.92. The standard InChI is InChI=1S/C13H22N4O3S/c1-3-7-21(19,20)11(2)13(18)16-6-4-5-12(8-16)17-10-14-9-15-17/h9-12H,3-8H2,1-2H3/t11-,12-/m0/s1. The highest BCUT2D eigenvalue weighted by Crippen LogP contribution is 2.22. The molecule has 0 radical (unpaired) electrons. The van der Waals surface area contributed by atoms with Gasteiger partial charge in [0.15, 0.2) is 9.84 Å². The minimum Gasteiger partial charge on any atom is -0.339 e. The first-order valence-corrected chi connectivity index (χ1v) is 9.01. The SMILES string of the molecule is CCCS(=O)(=O)[C@@H](C)C(=O)N1CCC[C@H](n2cncn2)C1. The van der Waals surface area contributed by atoms with Gasteiger partial charge in [-0.3, -0.25) is 4.79 Å². The lowest BCUT2D eigenvalue weighted by Crippen LogP contribution is -2.47. The largest absolute Gasteiger partial charge is 0.339 e. The summed E-state index contributed by atoms with van der Waals surface area (Å²) < 4.78 is 25.8. The van der Waals surface area contributed by atoms with Gasteiger partial charge in [-0.1, -0.05) is 6.92 Å². The Labute approximate surface area is 125 Å². The van der Waals surface area contributed by atoms with Gasteiger partial charge in [0.05, 0.1) is 11.8 Å². The summed E-state index contributed by atoms with van der Waals surface area (Å²) in [5.74, 6) is -0.242. The molecule has 0 spiro atoms. The molecule has 1 saturated heterocycles. The van der Waals surface area contributed by atoms with E-state index in [4.69, 9.17) is 0 Å². The Kier molecular flexibility index (Phi) is 4.97. The molecule has 0 aliphatic carbocycles. The zero-order chi connectivity index (χ0) is 15.5. The molecule has 0 bridgehead atoms. The van der Waals surface area contributed by atoms with Crippen molar-refractivity contribution in [2.75, 3.05) is 18.8 Å². The van der Waals surface area contributed by atoms with Gasteiger partial charge in [0.1, 0.15) is 17.9 Å². The molecule has 0 unspecified atom stereocenters. The maximum Gasteiger partial charge on any atom is 0.240 e. The molecule has 7 nitrogen and oxygen atoms in total. The maximum absolute atomic E-state index is 12.4. The first-order valence-electron chi connectivity index (χ1n) is 7.30. The fourth-order valence-corrected chi connectivity index (χ4v) is 4.03. The normalized spacial score (nSPS) is 21.2. The third kappa shape index (κ3) is 3.61. The van der Waals surface area contributed by atoms with Crippen molar-refractivity contribution in [3.8, 4) is 0 Å². The molecule has 2 heterocycles. The van der Waals surface area contributed by atoms with Crippen LogP contribution in [-0.2, 0) is 14.6 Å². The van der Waals surface area contributed by atoms with E-state index in [1.807, 2.05) is 0 Å². The van der Waals surface area contributed by atoms with E-state index < -0.39 is 15.1 Å². The average Bonchev–Trinajstić information content (AvgIpc) is 3.00. The van der Waals surface area contributed by atoms with E-state index in [1.54, 1.807) is 22.8 Å². The van der Waals surface area contributed by atoms with Crippen molar-refractivity contribution in [3.05, 3.63) is 12.7 Å². The number of amides is 1. The van der Waals surface area contributed by atoms with Crippen LogP contribution in [0, 0.1) is 0 Å². The van der Waals surface area contributed by atoms with Gasteiger partial charge in [-0.15, -0.1) is 0 Å². The van der Waals surface area contributed by atoms with Gasteiger partial charge in [0.2, 0.25) is 5.91 Å². The van der Waals surface area contributed by atoms with Gasteiger partial charge in [-0.2, -0.15) is 5.10 Å². The molecule has 1 aliphatic heterocycles. The molecule has 0 N–H and O–H groups in total. The lowest BCUT2D eigenvalue weighted by atomic mass is 10.1. The van der Waals surface area contributed by atoms with E-state index in [1.165, 1.54) is 13.3 Å². The fourth-order valence-electron chi connectivity index (χ4n) is 2.65. The van der Waals surface area contributed by atoms with E-state index in [-0.39, 0.29) is 17.7 Å². The van der Waals surface area contributed by atoms with Crippen LogP contribution in [0.2, 0.25) is 0 Å². The summed E-state index contributed by atoms with van der Waals surface area (Å²) in [7, 11) is -3.36. The summed E-state index contributed by atoms with van der Waals surface area (Å²) in [5, 5.41) is 3.14. The Morgan fingerprint density at radius 3 is 2.86 bits per heavy atom. The number of hydrogen-bond acceptors (Lipinski definition) is 5. The summed E-state index contributed by atoms with van der Waals surface area (Å²) in [4.78, 5) is 18.0. The molecule has 1 aromatic rings. The monoisotopic (exact) mass is 314 g/mol. The maximum atomic E-state index is 12.4. The number of nitrogens with zero attached hydrogens (tertiary/aromatic N) is 4. The quantitative estimate of drug-likeness (QED) is 0.797. The Hall–Kier alpha value is -1.44. The third-order valence-corrected chi connectivity index (χ3v) is 6.15. The lowest BCUT2D eigenvalue weighted by molar-refractivity contribution is -0.132. The van der Waals surface area contributed by atoms with Crippen LogP contribution >= 0.6 is 0 Å². The molecule has 0 aromatic carbocycles. The van der Waals surface area contributed by atoms with Gasteiger partial charge in [-0.05, 0) is 26.2 Å². The highest BCUT2D eigenvalue weighted by Gasteiger charge is 2.33. The summed E-state index contributed by atoms with van der Waals surface area (Å²) in [6.07, 6.45) is 5.40. The van der Waals surface area contributed by atoms with Crippen LogP contribution in [0.1, 0.15) is 39.2 Å². The van der Waals surface area contributed by atoms with Gasteiger partial charge in [0.25, 0.3) is 0 Å². The molecule has 0 saturated carbocycles. The zero-order valence-electron chi connectivity index (χ0n) is 12.5. The number of likely N-dealkylation sites (tertiary alicyclic amines) is 1. The summed E-state index contributed by atoms with van der Waals surface area (Å²) in [6, 6.07) is 0.0753. The lowest BCUT2D eigenvalue weighted by Gasteiger charge is -2.34. The number of carbonyl (C=O) groups is 1. The van der Waals surface area contributed by atoms with Crippen molar-refractivity contribution in [2.24, 2.45) is 0 Å². The van der Waals surface area contributed by atoms with Crippen LogP contribution in [0.15, 0.2) is 12.7 Å². The second-order valence-corrected chi connectivity index (χ2v) is 7.91. The molecule has 1 aromatic heterocycles. The van der Waals surface area contributed by atoms with E-state index >= 15 is 0 Å². The van der Waals surface area contributed by atoms with Crippen molar-refractivity contribution in [3.63, 3.8) is 0 Å². The van der Waals surface area contributed by atoms with Crippen molar-refractivity contribution in [2.45, 2.75) is 44.4 Å². The smallest absolute Gasteiger partial charge is 0.240 e. The number of sulfone groups is 1. The molecule has 8 heteroatoms. The van der Waals surface area contributed by atoms with Crippen LogP contribution in [0.4, 0.5) is 0 Å². The van der Waals surface area contributed by atoms with Crippen LogP contribution < -0.4 is 0 Å². The van der Waals surface area contributed by atoms with Crippen molar-refractivity contribution >= 4 is 15.7 Å². The molecular formula is C13H22N4O3S. The van der Waals surface area contributed by atoms with E-state index in [0.717, 1.165) is 12.8 Å². The Morgan fingerprint density at radius 1 is 1.48 bits per heavy atom.